The Hall–Kier alpha value is -2.17. The zero-order chi connectivity index (χ0) is 15.2. The van der Waals surface area contributed by atoms with E-state index in [0.717, 1.165) is 30.8 Å². The lowest BCUT2D eigenvalue weighted by Crippen LogP contribution is -2.36. The molecule has 5 nitrogen and oxygen atoms in total. The first-order valence-electron chi connectivity index (χ1n) is 7.26. The molecule has 1 heterocycles. The van der Waals surface area contributed by atoms with Crippen molar-refractivity contribution >= 4 is 23.2 Å². The molecule has 2 rings (SSSR count). The molecule has 0 aromatic heterocycles. The summed E-state index contributed by atoms with van der Waals surface area (Å²) in [4.78, 5) is 25.7. The molecule has 1 aromatic carbocycles. The van der Waals surface area contributed by atoms with Crippen LogP contribution in [0.3, 0.4) is 0 Å². The molecule has 21 heavy (non-hydrogen) atoms. The maximum atomic E-state index is 12.3. The number of para-hydroxylation sites is 1. The van der Waals surface area contributed by atoms with Crippen LogP contribution in [-0.2, 0) is 16.0 Å². The molecule has 0 bridgehead atoms. The summed E-state index contributed by atoms with van der Waals surface area (Å²) in [6, 6.07) is 7.96. The highest BCUT2D eigenvalue weighted by molar-refractivity contribution is 5.96. The molecule has 112 valence electrons. The molecular formula is C16H21N3O2. The predicted octanol–water partition coefficient (Wildman–Crippen LogP) is 2.26. The first kappa shape index (κ1) is 15.2. The normalized spacial score (nSPS) is 13.3. The van der Waals surface area contributed by atoms with E-state index in [2.05, 4.69) is 16.6 Å². The van der Waals surface area contributed by atoms with Gasteiger partial charge in [-0.3, -0.25) is 9.59 Å². The average Bonchev–Trinajstić information content (AvgIpc) is 2.50. The van der Waals surface area contributed by atoms with Crippen molar-refractivity contribution in [2.45, 2.75) is 39.5 Å². The number of amides is 2. The summed E-state index contributed by atoms with van der Waals surface area (Å²) in [6.45, 7) is 4.33. The van der Waals surface area contributed by atoms with Crippen LogP contribution in [-0.4, -0.2) is 24.1 Å². The number of nitrogens with one attached hydrogen (secondary N) is 1. The Kier molecular flexibility index (Phi) is 5.09. The van der Waals surface area contributed by atoms with Crippen molar-refractivity contribution < 1.29 is 9.59 Å². The molecule has 2 amide bonds. The number of hydrogen-bond donors (Lipinski definition) is 1. The van der Waals surface area contributed by atoms with Crippen LogP contribution in [0.4, 0.5) is 5.69 Å². The molecule has 0 unspecified atom stereocenters. The Labute approximate surface area is 125 Å². The van der Waals surface area contributed by atoms with Crippen LogP contribution in [0.2, 0.25) is 0 Å². The standard InChI is InChI=1S/C16H21N3O2/c1-12(2)17-18-15(20)9-10-16(21)19-11-5-7-13-6-3-4-8-14(13)19/h3-4,6,8H,5,7,9-11H2,1-2H3,(H,18,20). The van der Waals surface area contributed by atoms with Crippen molar-refractivity contribution in [1.82, 2.24) is 5.43 Å². The second kappa shape index (κ2) is 7.02. The van der Waals surface area contributed by atoms with E-state index < -0.39 is 0 Å². The van der Waals surface area contributed by atoms with Crippen molar-refractivity contribution in [2.24, 2.45) is 5.10 Å². The minimum Gasteiger partial charge on any atom is -0.312 e. The number of nitrogens with zero attached hydrogens (tertiary/aromatic N) is 2. The first-order chi connectivity index (χ1) is 10.1. The fourth-order valence-corrected chi connectivity index (χ4v) is 2.38. The van der Waals surface area contributed by atoms with Gasteiger partial charge in [-0.15, -0.1) is 0 Å². The molecule has 0 aliphatic carbocycles. The summed E-state index contributed by atoms with van der Waals surface area (Å²) in [5, 5.41) is 3.84. The van der Waals surface area contributed by atoms with Crippen LogP contribution in [0.25, 0.3) is 0 Å². The number of carbonyl (C=O) groups is 2. The van der Waals surface area contributed by atoms with Crippen LogP contribution >= 0.6 is 0 Å². The zero-order valence-corrected chi connectivity index (χ0v) is 12.6. The van der Waals surface area contributed by atoms with E-state index in [-0.39, 0.29) is 24.7 Å². The number of fused-ring (bicyclic) bond motifs is 1. The van der Waals surface area contributed by atoms with Gasteiger partial charge in [0.15, 0.2) is 0 Å². The van der Waals surface area contributed by atoms with Gasteiger partial charge in [-0.2, -0.15) is 5.10 Å². The van der Waals surface area contributed by atoms with Gasteiger partial charge in [-0.05, 0) is 38.3 Å². The minimum atomic E-state index is -0.227. The molecule has 1 N–H and O–H groups in total. The Morgan fingerprint density at radius 1 is 1.24 bits per heavy atom. The molecule has 5 heteroatoms. The summed E-state index contributed by atoms with van der Waals surface area (Å²) in [5.41, 5.74) is 5.40. The van der Waals surface area contributed by atoms with Crippen molar-refractivity contribution in [3.63, 3.8) is 0 Å². The summed E-state index contributed by atoms with van der Waals surface area (Å²) in [7, 11) is 0. The molecule has 1 aliphatic rings. The maximum Gasteiger partial charge on any atom is 0.240 e. The Morgan fingerprint density at radius 2 is 2.00 bits per heavy atom. The number of benzene rings is 1. The molecule has 0 spiro atoms. The molecule has 0 atom stereocenters. The highest BCUT2D eigenvalue weighted by Gasteiger charge is 2.22. The lowest BCUT2D eigenvalue weighted by Gasteiger charge is -2.29. The molecule has 1 aliphatic heterocycles. The van der Waals surface area contributed by atoms with Crippen LogP contribution in [0, 0.1) is 0 Å². The number of aryl methyl sites for hydroxylation is 1. The molecular weight excluding hydrogens is 266 g/mol. The maximum absolute atomic E-state index is 12.3. The third-order valence-corrected chi connectivity index (χ3v) is 3.38. The third kappa shape index (κ3) is 4.15. The first-order valence-corrected chi connectivity index (χ1v) is 7.26. The van der Waals surface area contributed by atoms with Crippen LogP contribution in [0.1, 0.15) is 38.7 Å². The average molecular weight is 287 g/mol. The summed E-state index contributed by atoms with van der Waals surface area (Å²) < 4.78 is 0. The summed E-state index contributed by atoms with van der Waals surface area (Å²) >= 11 is 0. The topological polar surface area (TPSA) is 61.8 Å². The minimum absolute atomic E-state index is 0.00509. The molecule has 1 aromatic rings. The largest absolute Gasteiger partial charge is 0.312 e. The van der Waals surface area contributed by atoms with Gasteiger partial charge in [0.25, 0.3) is 0 Å². The van der Waals surface area contributed by atoms with E-state index in [1.165, 1.54) is 5.56 Å². The van der Waals surface area contributed by atoms with Crippen LogP contribution in [0.5, 0.6) is 0 Å². The third-order valence-electron chi connectivity index (χ3n) is 3.38. The number of hydrazone groups is 1. The van der Waals surface area contributed by atoms with Gasteiger partial charge in [0.1, 0.15) is 0 Å². The van der Waals surface area contributed by atoms with Gasteiger partial charge in [0, 0.05) is 30.8 Å². The van der Waals surface area contributed by atoms with E-state index in [4.69, 9.17) is 0 Å². The Bertz CT molecular complexity index is 562. The van der Waals surface area contributed by atoms with Gasteiger partial charge < -0.3 is 4.90 Å². The predicted molar refractivity (Wildman–Crippen MR) is 83.3 cm³/mol. The van der Waals surface area contributed by atoms with E-state index in [1.54, 1.807) is 18.7 Å². The molecule has 0 saturated heterocycles. The van der Waals surface area contributed by atoms with Crippen molar-refractivity contribution in [2.75, 3.05) is 11.4 Å². The van der Waals surface area contributed by atoms with E-state index in [0.29, 0.717) is 0 Å². The fraction of sp³-hybridized carbons (Fsp3) is 0.438. The Morgan fingerprint density at radius 3 is 2.76 bits per heavy atom. The lowest BCUT2D eigenvalue weighted by molar-refractivity contribution is -0.125. The van der Waals surface area contributed by atoms with Gasteiger partial charge in [0.05, 0.1) is 0 Å². The second-order valence-corrected chi connectivity index (χ2v) is 5.37. The Balaban J connectivity index is 1.93. The second-order valence-electron chi connectivity index (χ2n) is 5.37. The van der Waals surface area contributed by atoms with Gasteiger partial charge in [-0.25, -0.2) is 5.43 Å². The monoisotopic (exact) mass is 287 g/mol. The quantitative estimate of drug-likeness (QED) is 0.682. The van der Waals surface area contributed by atoms with E-state index in [1.807, 2.05) is 18.2 Å². The number of carbonyl (C=O) groups excluding carboxylic acids is 2. The summed E-state index contributed by atoms with van der Waals surface area (Å²) in [5.74, 6) is -0.232. The van der Waals surface area contributed by atoms with Gasteiger partial charge >= 0.3 is 0 Å². The zero-order valence-electron chi connectivity index (χ0n) is 12.6. The van der Waals surface area contributed by atoms with Crippen molar-refractivity contribution in [3.05, 3.63) is 29.8 Å². The highest BCUT2D eigenvalue weighted by atomic mass is 16.2. The summed E-state index contributed by atoms with van der Waals surface area (Å²) in [6.07, 6.45) is 2.34. The van der Waals surface area contributed by atoms with Gasteiger partial charge in [-0.1, -0.05) is 18.2 Å². The van der Waals surface area contributed by atoms with Crippen molar-refractivity contribution in [3.8, 4) is 0 Å². The number of rotatable bonds is 4. The lowest BCUT2D eigenvalue weighted by atomic mass is 10.0. The molecule has 0 saturated carbocycles. The fourth-order valence-electron chi connectivity index (χ4n) is 2.38. The SMILES string of the molecule is CC(C)=NNC(=O)CCC(=O)N1CCCc2ccccc21. The number of hydrogen-bond acceptors (Lipinski definition) is 3. The van der Waals surface area contributed by atoms with Crippen LogP contribution < -0.4 is 10.3 Å². The van der Waals surface area contributed by atoms with E-state index >= 15 is 0 Å². The van der Waals surface area contributed by atoms with Crippen LogP contribution in [0.15, 0.2) is 29.4 Å². The smallest absolute Gasteiger partial charge is 0.240 e. The number of anilines is 1. The van der Waals surface area contributed by atoms with Gasteiger partial charge in [0.2, 0.25) is 11.8 Å². The molecule has 0 radical (unpaired) electrons. The highest BCUT2D eigenvalue weighted by Crippen LogP contribution is 2.27. The van der Waals surface area contributed by atoms with E-state index in [9.17, 15) is 9.59 Å². The van der Waals surface area contributed by atoms with Crippen molar-refractivity contribution in [1.29, 1.82) is 0 Å². The molecule has 0 fully saturated rings.